The van der Waals surface area contributed by atoms with Crippen molar-refractivity contribution in [2.24, 2.45) is 11.7 Å². The van der Waals surface area contributed by atoms with Gasteiger partial charge in [0.05, 0.1) is 11.9 Å². The molecule has 1 rings (SSSR count). The number of anilines is 1. The van der Waals surface area contributed by atoms with Gasteiger partial charge in [0.2, 0.25) is 0 Å². The maximum atomic E-state index is 5.76. The van der Waals surface area contributed by atoms with Crippen molar-refractivity contribution in [3.8, 4) is 0 Å². The quantitative estimate of drug-likeness (QED) is 0.817. The molecule has 0 aliphatic heterocycles. The van der Waals surface area contributed by atoms with Gasteiger partial charge >= 0.3 is 0 Å². The van der Waals surface area contributed by atoms with E-state index < -0.39 is 0 Å². The van der Waals surface area contributed by atoms with Crippen LogP contribution in [-0.2, 0) is 0 Å². The normalized spacial score (nSPS) is 10.9. The van der Waals surface area contributed by atoms with Gasteiger partial charge < -0.3 is 10.6 Å². The lowest BCUT2D eigenvalue weighted by molar-refractivity contribution is 0.570. The van der Waals surface area contributed by atoms with E-state index >= 15 is 0 Å². The molecule has 1 aromatic rings. The molecule has 0 aromatic carbocycles. The summed E-state index contributed by atoms with van der Waals surface area (Å²) in [7, 11) is 0. The topological polar surface area (TPSA) is 42.2 Å². The highest BCUT2D eigenvalue weighted by molar-refractivity contribution is 7.80. The Balaban J connectivity index is 3.13. The zero-order chi connectivity index (χ0) is 13.0. The van der Waals surface area contributed by atoms with E-state index in [9.17, 15) is 0 Å². The Morgan fingerprint density at radius 2 is 2.06 bits per heavy atom. The maximum Gasteiger partial charge on any atom is 0.106 e. The van der Waals surface area contributed by atoms with Crippen molar-refractivity contribution >= 4 is 22.9 Å². The van der Waals surface area contributed by atoms with Gasteiger partial charge in [-0.25, -0.2) is 0 Å². The van der Waals surface area contributed by atoms with E-state index in [1.807, 2.05) is 12.3 Å². The standard InChI is InChI=1S/C13H21N3S/c1-9(2)8-16(10(3)4)12-7-15-6-5-11(12)13(14)17/h5-7,9-10H,8H2,1-4H3,(H2,14,17). The second-order valence-corrected chi connectivity index (χ2v) is 5.34. The van der Waals surface area contributed by atoms with Crippen LogP contribution in [0, 0.1) is 5.92 Å². The monoisotopic (exact) mass is 251 g/mol. The fourth-order valence-electron chi connectivity index (χ4n) is 1.80. The summed E-state index contributed by atoms with van der Waals surface area (Å²) in [5.74, 6) is 0.580. The Morgan fingerprint density at radius 1 is 1.41 bits per heavy atom. The van der Waals surface area contributed by atoms with Crippen molar-refractivity contribution in [3.63, 3.8) is 0 Å². The molecule has 0 saturated carbocycles. The lowest BCUT2D eigenvalue weighted by Crippen LogP contribution is -2.35. The summed E-state index contributed by atoms with van der Waals surface area (Å²) in [6, 6.07) is 2.28. The predicted molar refractivity (Wildman–Crippen MR) is 77.4 cm³/mol. The summed E-state index contributed by atoms with van der Waals surface area (Å²) in [5.41, 5.74) is 7.70. The molecule has 2 N–H and O–H groups in total. The molecule has 1 aromatic heterocycles. The molecule has 0 saturated heterocycles. The molecule has 0 fully saturated rings. The third-order valence-corrected chi connectivity index (χ3v) is 2.78. The summed E-state index contributed by atoms with van der Waals surface area (Å²) < 4.78 is 0. The van der Waals surface area contributed by atoms with Crippen LogP contribution in [-0.4, -0.2) is 22.6 Å². The maximum absolute atomic E-state index is 5.76. The number of nitrogens with two attached hydrogens (primary N) is 1. The van der Waals surface area contributed by atoms with Crippen molar-refractivity contribution in [2.75, 3.05) is 11.4 Å². The first-order valence-electron chi connectivity index (χ1n) is 5.94. The second kappa shape index (κ2) is 5.96. The summed E-state index contributed by atoms with van der Waals surface area (Å²) in [6.07, 6.45) is 3.57. The summed E-state index contributed by atoms with van der Waals surface area (Å²) in [6.45, 7) is 9.70. The Labute approximate surface area is 109 Å². The zero-order valence-electron chi connectivity index (χ0n) is 11.0. The Bertz CT molecular complexity index is 388. The van der Waals surface area contributed by atoms with E-state index in [4.69, 9.17) is 18.0 Å². The molecule has 3 nitrogen and oxygen atoms in total. The molecule has 4 heteroatoms. The van der Waals surface area contributed by atoms with Gasteiger partial charge in [0.1, 0.15) is 4.99 Å². The fraction of sp³-hybridized carbons (Fsp3) is 0.538. The van der Waals surface area contributed by atoms with Gasteiger partial charge in [0, 0.05) is 24.3 Å². The van der Waals surface area contributed by atoms with Crippen LogP contribution < -0.4 is 10.6 Å². The van der Waals surface area contributed by atoms with E-state index in [0.717, 1.165) is 17.8 Å². The Kier molecular flexibility index (Phi) is 4.87. The molecular weight excluding hydrogens is 230 g/mol. The molecule has 0 amide bonds. The average molecular weight is 251 g/mol. The molecule has 0 aliphatic rings. The number of hydrogen-bond acceptors (Lipinski definition) is 3. The number of pyridine rings is 1. The highest BCUT2D eigenvalue weighted by Gasteiger charge is 2.16. The van der Waals surface area contributed by atoms with Gasteiger partial charge in [-0.1, -0.05) is 26.1 Å². The summed E-state index contributed by atoms with van der Waals surface area (Å²) in [4.78, 5) is 6.91. The summed E-state index contributed by atoms with van der Waals surface area (Å²) >= 11 is 5.09. The largest absolute Gasteiger partial charge is 0.389 e. The Hall–Kier alpha value is -1.16. The van der Waals surface area contributed by atoms with Crippen LogP contribution in [0.3, 0.4) is 0 Å². The molecule has 94 valence electrons. The van der Waals surface area contributed by atoms with Crippen LogP contribution in [0.2, 0.25) is 0 Å². The van der Waals surface area contributed by atoms with Crippen LogP contribution in [0.1, 0.15) is 33.3 Å². The minimum Gasteiger partial charge on any atom is -0.389 e. The number of hydrogen-bond donors (Lipinski definition) is 1. The third kappa shape index (κ3) is 3.66. The molecule has 0 atom stereocenters. The molecule has 1 heterocycles. The van der Waals surface area contributed by atoms with Crippen LogP contribution in [0.4, 0.5) is 5.69 Å². The van der Waals surface area contributed by atoms with Gasteiger partial charge in [-0.3, -0.25) is 4.98 Å². The lowest BCUT2D eigenvalue weighted by Gasteiger charge is -2.31. The molecule has 0 spiro atoms. The van der Waals surface area contributed by atoms with Crippen LogP contribution in [0.25, 0.3) is 0 Å². The van der Waals surface area contributed by atoms with Crippen molar-refractivity contribution in [2.45, 2.75) is 33.7 Å². The third-order valence-electron chi connectivity index (χ3n) is 2.56. The highest BCUT2D eigenvalue weighted by atomic mass is 32.1. The SMILES string of the molecule is CC(C)CN(c1cnccc1C(N)=S)C(C)C. The molecule has 17 heavy (non-hydrogen) atoms. The first-order chi connectivity index (χ1) is 7.93. The van der Waals surface area contributed by atoms with Gasteiger partial charge in [0.25, 0.3) is 0 Å². The molecule has 0 aliphatic carbocycles. The first-order valence-corrected chi connectivity index (χ1v) is 6.34. The molecule has 0 unspecified atom stereocenters. The van der Waals surface area contributed by atoms with Gasteiger partial charge in [-0.2, -0.15) is 0 Å². The van der Waals surface area contributed by atoms with Gasteiger partial charge in [0.15, 0.2) is 0 Å². The zero-order valence-corrected chi connectivity index (χ0v) is 11.8. The van der Waals surface area contributed by atoms with Crippen LogP contribution in [0.15, 0.2) is 18.5 Å². The van der Waals surface area contributed by atoms with E-state index in [0.29, 0.717) is 16.9 Å². The second-order valence-electron chi connectivity index (χ2n) is 4.90. The molecular formula is C13H21N3S. The van der Waals surface area contributed by atoms with Crippen molar-refractivity contribution in [3.05, 3.63) is 24.0 Å². The van der Waals surface area contributed by atoms with Crippen LogP contribution >= 0.6 is 12.2 Å². The molecule has 0 radical (unpaired) electrons. The van der Waals surface area contributed by atoms with E-state index in [1.54, 1.807) is 6.20 Å². The van der Waals surface area contributed by atoms with E-state index in [-0.39, 0.29) is 0 Å². The fourth-order valence-corrected chi connectivity index (χ4v) is 1.98. The van der Waals surface area contributed by atoms with Gasteiger partial charge in [-0.05, 0) is 25.8 Å². The van der Waals surface area contributed by atoms with Crippen molar-refractivity contribution < 1.29 is 0 Å². The molecule has 0 bridgehead atoms. The van der Waals surface area contributed by atoms with Gasteiger partial charge in [-0.15, -0.1) is 0 Å². The Morgan fingerprint density at radius 3 is 2.53 bits per heavy atom. The van der Waals surface area contributed by atoms with Crippen molar-refractivity contribution in [1.29, 1.82) is 0 Å². The average Bonchev–Trinajstić information content (AvgIpc) is 2.25. The van der Waals surface area contributed by atoms with Crippen LogP contribution in [0.5, 0.6) is 0 Å². The highest BCUT2D eigenvalue weighted by Crippen LogP contribution is 2.22. The number of thiocarbonyl (C=S) groups is 1. The lowest BCUT2D eigenvalue weighted by atomic mass is 10.1. The van der Waals surface area contributed by atoms with E-state index in [1.165, 1.54) is 0 Å². The smallest absolute Gasteiger partial charge is 0.106 e. The summed E-state index contributed by atoms with van der Waals surface area (Å²) in [5, 5.41) is 0. The number of nitrogens with zero attached hydrogens (tertiary/aromatic N) is 2. The number of rotatable bonds is 5. The van der Waals surface area contributed by atoms with Crippen molar-refractivity contribution in [1.82, 2.24) is 4.98 Å². The number of aromatic nitrogens is 1. The predicted octanol–water partition coefficient (Wildman–Crippen LogP) is 2.59. The van der Waals surface area contributed by atoms with E-state index in [2.05, 4.69) is 37.6 Å². The minimum absolute atomic E-state index is 0.398. The minimum atomic E-state index is 0.398. The first kappa shape index (κ1) is 13.9.